The van der Waals surface area contributed by atoms with E-state index >= 15 is 0 Å². The quantitative estimate of drug-likeness (QED) is 0.491. The first kappa shape index (κ1) is 16.3. The molecule has 3 aromatic carbocycles. The first-order valence-electron chi connectivity index (χ1n) is 8.73. The number of ether oxygens (including phenoxy) is 1. The van der Waals surface area contributed by atoms with Crippen LogP contribution in [0.5, 0.6) is 11.8 Å². The van der Waals surface area contributed by atoms with Gasteiger partial charge in [-0.05, 0) is 36.4 Å². The van der Waals surface area contributed by atoms with E-state index in [1.807, 2.05) is 48.5 Å². The largest absolute Gasteiger partial charge is 0.507 e. The predicted octanol–water partition coefficient (Wildman–Crippen LogP) is 4.82. The van der Waals surface area contributed by atoms with Crippen LogP contribution in [0.2, 0.25) is 0 Å². The molecular weight excluding hydrogens is 354 g/mol. The number of rotatable bonds is 3. The molecule has 5 rings (SSSR count). The Morgan fingerprint density at radius 1 is 0.786 bits per heavy atom. The number of hydrogen-bond acceptors (Lipinski definition) is 6. The molecule has 0 bridgehead atoms. The summed E-state index contributed by atoms with van der Waals surface area (Å²) in [4.78, 5) is 13.2. The molecule has 2 heterocycles. The van der Waals surface area contributed by atoms with Gasteiger partial charge >= 0.3 is 6.01 Å². The zero-order valence-electron chi connectivity index (χ0n) is 15.0. The number of methoxy groups -OCH3 is 1. The maximum atomic E-state index is 10.2. The second-order valence-corrected chi connectivity index (χ2v) is 6.30. The Balaban J connectivity index is 1.71. The van der Waals surface area contributed by atoms with Gasteiger partial charge in [-0.1, -0.05) is 30.3 Å². The van der Waals surface area contributed by atoms with E-state index in [0.717, 1.165) is 27.5 Å². The average molecular weight is 369 g/mol. The lowest BCUT2D eigenvalue weighted by molar-refractivity contribution is 0.379. The van der Waals surface area contributed by atoms with Gasteiger partial charge in [0.15, 0.2) is 11.6 Å². The van der Waals surface area contributed by atoms with E-state index in [1.54, 1.807) is 18.2 Å². The minimum atomic E-state index is 0.0954. The number of furan rings is 1. The summed E-state index contributed by atoms with van der Waals surface area (Å²) in [5.74, 6) is 0.896. The molecule has 28 heavy (non-hydrogen) atoms. The van der Waals surface area contributed by atoms with Gasteiger partial charge in [-0.3, -0.25) is 0 Å². The third-order valence-electron chi connectivity index (χ3n) is 4.58. The van der Waals surface area contributed by atoms with Crippen LogP contribution in [-0.4, -0.2) is 27.2 Å². The van der Waals surface area contributed by atoms with Crippen molar-refractivity contribution in [3.8, 4) is 34.5 Å². The fourth-order valence-electron chi connectivity index (χ4n) is 3.23. The molecule has 0 aliphatic heterocycles. The van der Waals surface area contributed by atoms with Crippen LogP contribution in [0, 0.1) is 0 Å². The molecule has 136 valence electrons. The Bertz CT molecular complexity index is 1330. The smallest absolute Gasteiger partial charge is 0.320 e. The number of phenols is 1. The fraction of sp³-hybridized carbons (Fsp3) is 0.0455. The van der Waals surface area contributed by atoms with Gasteiger partial charge in [0.2, 0.25) is 0 Å². The molecule has 5 aromatic rings. The van der Waals surface area contributed by atoms with Crippen LogP contribution < -0.4 is 4.74 Å². The molecule has 6 heteroatoms. The van der Waals surface area contributed by atoms with Gasteiger partial charge in [0.25, 0.3) is 0 Å². The number of fused-ring (bicyclic) bond motifs is 3. The Hall–Kier alpha value is -3.93. The van der Waals surface area contributed by atoms with Crippen molar-refractivity contribution in [2.24, 2.45) is 0 Å². The van der Waals surface area contributed by atoms with Crippen molar-refractivity contribution >= 4 is 21.9 Å². The van der Waals surface area contributed by atoms with Gasteiger partial charge in [0.05, 0.1) is 12.7 Å². The molecule has 1 N–H and O–H groups in total. The number of phenolic OH excluding ortho intramolecular Hbond substituents is 1. The third-order valence-corrected chi connectivity index (χ3v) is 4.58. The minimum Gasteiger partial charge on any atom is -0.507 e. The molecule has 6 nitrogen and oxygen atoms in total. The van der Waals surface area contributed by atoms with E-state index < -0.39 is 0 Å². The van der Waals surface area contributed by atoms with Crippen LogP contribution >= 0.6 is 0 Å². The SMILES string of the molecule is COc1nc(-c2ccc3oc4ccccc4c3c2)nc(-c2ccccc2O)n1. The number of para-hydroxylation sites is 2. The Morgan fingerprint density at radius 3 is 2.39 bits per heavy atom. The normalized spacial score (nSPS) is 11.2. The highest BCUT2D eigenvalue weighted by atomic mass is 16.5. The van der Waals surface area contributed by atoms with Crippen molar-refractivity contribution in [2.75, 3.05) is 7.11 Å². The van der Waals surface area contributed by atoms with Crippen molar-refractivity contribution in [1.29, 1.82) is 0 Å². The van der Waals surface area contributed by atoms with Crippen LogP contribution in [0.25, 0.3) is 44.7 Å². The van der Waals surface area contributed by atoms with E-state index in [4.69, 9.17) is 9.15 Å². The molecule has 0 atom stereocenters. The van der Waals surface area contributed by atoms with Crippen molar-refractivity contribution in [3.05, 3.63) is 66.7 Å². The predicted molar refractivity (Wildman–Crippen MR) is 106 cm³/mol. The number of benzene rings is 3. The summed E-state index contributed by atoms with van der Waals surface area (Å²) in [6, 6.07) is 20.8. The summed E-state index contributed by atoms with van der Waals surface area (Å²) in [7, 11) is 1.50. The van der Waals surface area contributed by atoms with Crippen molar-refractivity contribution in [1.82, 2.24) is 15.0 Å². The van der Waals surface area contributed by atoms with Crippen LogP contribution in [0.15, 0.2) is 71.1 Å². The minimum absolute atomic E-state index is 0.0954. The lowest BCUT2D eigenvalue weighted by atomic mass is 10.1. The lowest BCUT2D eigenvalue weighted by Gasteiger charge is -2.08. The van der Waals surface area contributed by atoms with Crippen molar-refractivity contribution in [2.45, 2.75) is 0 Å². The van der Waals surface area contributed by atoms with Gasteiger partial charge in [-0.2, -0.15) is 9.97 Å². The molecule has 0 unspecified atom stereocenters. The zero-order chi connectivity index (χ0) is 19.1. The summed E-state index contributed by atoms with van der Waals surface area (Å²) in [6.45, 7) is 0. The summed E-state index contributed by atoms with van der Waals surface area (Å²) in [5, 5.41) is 12.2. The van der Waals surface area contributed by atoms with Crippen LogP contribution in [0.3, 0.4) is 0 Å². The van der Waals surface area contributed by atoms with Crippen LogP contribution in [0.1, 0.15) is 0 Å². The molecule has 0 aliphatic carbocycles. The van der Waals surface area contributed by atoms with E-state index in [2.05, 4.69) is 15.0 Å². The second-order valence-electron chi connectivity index (χ2n) is 6.30. The molecule has 0 saturated heterocycles. The molecule has 0 saturated carbocycles. The number of aromatic hydroxyl groups is 1. The molecule has 0 aliphatic rings. The van der Waals surface area contributed by atoms with Crippen LogP contribution in [0.4, 0.5) is 0 Å². The van der Waals surface area contributed by atoms with E-state index in [-0.39, 0.29) is 11.8 Å². The first-order valence-corrected chi connectivity index (χ1v) is 8.73. The monoisotopic (exact) mass is 369 g/mol. The van der Waals surface area contributed by atoms with E-state index in [1.165, 1.54) is 7.11 Å². The Labute approximate surface area is 160 Å². The van der Waals surface area contributed by atoms with Gasteiger partial charge in [0.1, 0.15) is 16.9 Å². The maximum absolute atomic E-state index is 10.2. The summed E-state index contributed by atoms with van der Waals surface area (Å²) in [6.07, 6.45) is 0. The molecule has 0 spiro atoms. The molecule has 0 amide bonds. The van der Waals surface area contributed by atoms with Crippen LogP contribution in [-0.2, 0) is 0 Å². The van der Waals surface area contributed by atoms with Gasteiger partial charge in [-0.25, -0.2) is 4.98 Å². The number of aromatic nitrogens is 3. The molecular formula is C22H15N3O3. The lowest BCUT2D eigenvalue weighted by Crippen LogP contribution is -2.00. The Kier molecular flexibility index (Phi) is 3.69. The Morgan fingerprint density at radius 2 is 1.54 bits per heavy atom. The summed E-state index contributed by atoms with van der Waals surface area (Å²) < 4.78 is 11.1. The summed E-state index contributed by atoms with van der Waals surface area (Å²) >= 11 is 0. The topological polar surface area (TPSA) is 81.3 Å². The standard InChI is InChI=1S/C22H15N3O3/c1-27-22-24-20(23-21(25-22)15-7-2-4-8-17(15)26)13-10-11-19-16(12-13)14-6-3-5-9-18(14)28-19/h2-12,26H,1H3. The highest BCUT2D eigenvalue weighted by Gasteiger charge is 2.15. The average Bonchev–Trinajstić information content (AvgIpc) is 3.11. The zero-order valence-corrected chi connectivity index (χ0v) is 15.0. The molecule has 0 fully saturated rings. The maximum Gasteiger partial charge on any atom is 0.320 e. The second kappa shape index (κ2) is 6.35. The molecule has 0 radical (unpaired) electrons. The third kappa shape index (κ3) is 2.63. The number of hydrogen-bond donors (Lipinski definition) is 1. The van der Waals surface area contributed by atoms with Crippen molar-refractivity contribution < 1.29 is 14.3 Å². The van der Waals surface area contributed by atoms with E-state index in [0.29, 0.717) is 17.2 Å². The summed E-state index contributed by atoms with van der Waals surface area (Å²) in [5.41, 5.74) is 2.94. The first-order chi connectivity index (χ1) is 13.7. The van der Waals surface area contributed by atoms with Crippen molar-refractivity contribution in [3.63, 3.8) is 0 Å². The van der Waals surface area contributed by atoms with Gasteiger partial charge in [-0.15, -0.1) is 0 Å². The molecule has 2 aromatic heterocycles. The van der Waals surface area contributed by atoms with Gasteiger partial charge < -0.3 is 14.3 Å². The van der Waals surface area contributed by atoms with E-state index in [9.17, 15) is 5.11 Å². The fourth-order valence-corrected chi connectivity index (χ4v) is 3.23. The highest BCUT2D eigenvalue weighted by molar-refractivity contribution is 6.06. The van der Waals surface area contributed by atoms with Gasteiger partial charge in [0, 0.05) is 16.3 Å². The highest BCUT2D eigenvalue weighted by Crippen LogP contribution is 2.33. The number of nitrogens with zero attached hydrogens (tertiary/aromatic N) is 3.